The van der Waals surface area contributed by atoms with Crippen molar-refractivity contribution in [2.45, 2.75) is 26.4 Å². The molecule has 0 unspecified atom stereocenters. The number of nitrogens with zero attached hydrogens (tertiary/aromatic N) is 1. The molecule has 0 atom stereocenters. The van der Waals surface area contributed by atoms with Crippen molar-refractivity contribution in [1.82, 2.24) is 4.90 Å². The number of ether oxygens (including phenoxy) is 2. The summed E-state index contributed by atoms with van der Waals surface area (Å²) in [6.07, 6.45) is 4.84. The fourth-order valence-electron chi connectivity index (χ4n) is 1.54. The number of likely N-dealkylation sites (tertiary alicyclic amines) is 1. The molecule has 0 bridgehead atoms. The zero-order chi connectivity index (χ0) is 13.3. The second kappa shape index (κ2) is 4.28. The third-order valence-corrected chi connectivity index (χ3v) is 2.43. The normalized spacial score (nSPS) is 17.7. The monoisotopic (exact) mass is 239 g/mol. The molecule has 0 aromatic carbocycles. The molecule has 94 valence electrons. The Hall–Kier alpha value is -1.70. The van der Waals surface area contributed by atoms with Gasteiger partial charge in [-0.15, -0.1) is 6.42 Å². The van der Waals surface area contributed by atoms with Gasteiger partial charge in [-0.3, -0.25) is 4.79 Å². The van der Waals surface area contributed by atoms with Crippen molar-refractivity contribution in [1.29, 1.82) is 0 Å². The molecule has 0 aromatic heterocycles. The fourth-order valence-corrected chi connectivity index (χ4v) is 1.54. The first-order valence-corrected chi connectivity index (χ1v) is 5.28. The molecule has 5 heteroatoms. The molecule has 0 spiro atoms. The topological polar surface area (TPSA) is 55.8 Å². The van der Waals surface area contributed by atoms with E-state index in [1.807, 2.05) is 0 Å². The fraction of sp³-hybridized carbons (Fsp3) is 0.667. The van der Waals surface area contributed by atoms with E-state index in [-0.39, 0.29) is 13.1 Å². The van der Waals surface area contributed by atoms with Crippen LogP contribution in [0.5, 0.6) is 0 Å². The van der Waals surface area contributed by atoms with E-state index in [0.29, 0.717) is 0 Å². The molecule has 0 saturated carbocycles. The van der Waals surface area contributed by atoms with Gasteiger partial charge in [-0.05, 0) is 20.8 Å². The van der Waals surface area contributed by atoms with Crippen LogP contribution in [0.3, 0.4) is 0 Å². The molecule has 1 fully saturated rings. The number of methoxy groups -OCH3 is 1. The van der Waals surface area contributed by atoms with E-state index in [4.69, 9.17) is 11.2 Å². The van der Waals surface area contributed by atoms with E-state index >= 15 is 0 Å². The van der Waals surface area contributed by atoms with Crippen molar-refractivity contribution in [3.8, 4) is 12.3 Å². The molecule has 1 aliphatic heterocycles. The first-order chi connectivity index (χ1) is 7.74. The number of hydrogen-bond donors (Lipinski definition) is 0. The lowest BCUT2D eigenvalue weighted by Crippen LogP contribution is -2.62. The highest BCUT2D eigenvalue weighted by Crippen LogP contribution is 2.32. The molecule has 1 heterocycles. The third-order valence-electron chi connectivity index (χ3n) is 2.43. The van der Waals surface area contributed by atoms with E-state index < -0.39 is 23.1 Å². The zero-order valence-electron chi connectivity index (χ0n) is 10.6. The van der Waals surface area contributed by atoms with Gasteiger partial charge in [0.05, 0.1) is 20.2 Å². The third kappa shape index (κ3) is 2.70. The molecule has 1 aliphatic rings. The second-order valence-corrected chi connectivity index (χ2v) is 5.05. The van der Waals surface area contributed by atoms with Crippen LogP contribution in [0.4, 0.5) is 4.79 Å². The Morgan fingerprint density at radius 1 is 1.35 bits per heavy atom. The number of esters is 1. The summed E-state index contributed by atoms with van der Waals surface area (Å²) in [6, 6.07) is 0. The average molecular weight is 239 g/mol. The summed E-state index contributed by atoms with van der Waals surface area (Å²) in [5, 5.41) is 0. The first-order valence-electron chi connectivity index (χ1n) is 5.28. The molecule has 17 heavy (non-hydrogen) atoms. The molecule has 5 nitrogen and oxygen atoms in total. The lowest BCUT2D eigenvalue weighted by atomic mass is 9.81. The Bertz CT molecular complexity index is 369. The zero-order valence-corrected chi connectivity index (χ0v) is 10.6. The summed E-state index contributed by atoms with van der Waals surface area (Å²) in [5.74, 6) is 1.90. The number of carbonyl (C=O) groups is 2. The Balaban J connectivity index is 2.59. The Labute approximate surface area is 101 Å². The van der Waals surface area contributed by atoms with Crippen LogP contribution in [0.2, 0.25) is 0 Å². The van der Waals surface area contributed by atoms with E-state index in [2.05, 4.69) is 10.7 Å². The van der Waals surface area contributed by atoms with Gasteiger partial charge >= 0.3 is 12.1 Å². The van der Waals surface area contributed by atoms with Gasteiger partial charge in [-0.2, -0.15) is 0 Å². The molecule has 0 aliphatic carbocycles. The van der Waals surface area contributed by atoms with Gasteiger partial charge in [-0.25, -0.2) is 4.79 Å². The number of hydrogen-bond acceptors (Lipinski definition) is 4. The maximum atomic E-state index is 11.6. The number of carbonyl (C=O) groups excluding carboxylic acids is 2. The van der Waals surface area contributed by atoms with Gasteiger partial charge in [0.2, 0.25) is 0 Å². The lowest BCUT2D eigenvalue weighted by Gasteiger charge is -2.44. The van der Waals surface area contributed by atoms with Crippen LogP contribution in [-0.2, 0) is 14.3 Å². The van der Waals surface area contributed by atoms with Crippen LogP contribution in [0.25, 0.3) is 0 Å². The number of terminal acetylenes is 1. The van der Waals surface area contributed by atoms with Crippen LogP contribution in [0.1, 0.15) is 20.8 Å². The van der Waals surface area contributed by atoms with Crippen molar-refractivity contribution >= 4 is 12.1 Å². The SMILES string of the molecule is C#CC1(C(=O)OC)CN(C(=O)OC(C)(C)C)C1. The van der Waals surface area contributed by atoms with Crippen molar-refractivity contribution in [3.63, 3.8) is 0 Å². The minimum Gasteiger partial charge on any atom is -0.468 e. The molecular weight excluding hydrogens is 222 g/mol. The van der Waals surface area contributed by atoms with Gasteiger partial charge in [0.25, 0.3) is 0 Å². The minimum absolute atomic E-state index is 0.144. The van der Waals surface area contributed by atoms with Crippen LogP contribution < -0.4 is 0 Å². The summed E-state index contributed by atoms with van der Waals surface area (Å²) in [4.78, 5) is 24.5. The van der Waals surface area contributed by atoms with Gasteiger partial charge in [-0.1, -0.05) is 5.92 Å². The Kier molecular flexibility index (Phi) is 3.37. The molecule has 0 N–H and O–H groups in total. The maximum absolute atomic E-state index is 11.6. The standard InChI is InChI=1S/C12H17NO4/c1-6-12(9(14)16-5)7-13(8-12)10(15)17-11(2,3)4/h1H,7-8H2,2-5H3. The van der Waals surface area contributed by atoms with Crippen LogP contribution in [0, 0.1) is 17.8 Å². The van der Waals surface area contributed by atoms with E-state index in [1.165, 1.54) is 12.0 Å². The minimum atomic E-state index is -1.01. The van der Waals surface area contributed by atoms with Crippen molar-refractivity contribution in [2.75, 3.05) is 20.2 Å². The number of amides is 1. The summed E-state index contributed by atoms with van der Waals surface area (Å²) in [5.41, 5.74) is -1.57. The lowest BCUT2D eigenvalue weighted by molar-refractivity contribution is -0.156. The number of rotatable bonds is 1. The van der Waals surface area contributed by atoms with E-state index in [9.17, 15) is 9.59 Å². The van der Waals surface area contributed by atoms with Gasteiger partial charge in [0.15, 0.2) is 5.41 Å². The summed E-state index contributed by atoms with van der Waals surface area (Å²) in [6.45, 7) is 5.62. The molecular formula is C12H17NO4. The van der Waals surface area contributed by atoms with E-state index in [0.717, 1.165) is 0 Å². The second-order valence-electron chi connectivity index (χ2n) is 5.05. The largest absolute Gasteiger partial charge is 0.468 e. The first kappa shape index (κ1) is 13.4. The van der Waals surface area contributed by atoms with Gasteiger partial charge in [0.1, 0.15) is 5.60 Å². The Morgan fingerprint density at radius 2 is 1.88 bits per heavy atom. The summed E-state index contributed by atoms with van der Waals surface area (Å²) >= 11 is 0. The van der Waals surface area contributed by atoms with Crippen LogP contribution >= 0.6 is 0 Å². The van der Waals surface area contributed by atoms with Crippen LogP contribution in [-0.4, -0.2) is 42.8 Å². The maximum Gasteiger partial charge on any atom is 0.410 e. The molecule has 1 amide bonds. The van der Waals surface area contributed by atoms with Crippen molar-refractivity contribution < 1.29 is 19.1 Å². The predicted octanol–water partition coefficient (Wildman–Crippen LogP) is 1.03. The summed E-state index contributed by atoms with van der Waals surface area (Å²) in [7, 11) is 1.28. The van der Waals surface area contributed by atoms with E-state index in [1.54, 1.807) is 20.8 Å². The van der Waals surface area contributed by atoms with Crippen molar-refractivity contribution in [2.24, 2.45) is 5.41 Å². The van der Waals surface area contributed by atoms with Gasteiger partial charge < -0.3 is 14.4 Å². The smallest absolute Gasteiger partial charge is 0.410 e. The molecule has 1 rings (SSSR count). The average Bonchev–Trinajstić information content (AvgIpc) is 2.13. The highest BCUT2D eigenvalue weighted by atomic mass is 16.6. The molecule has 1 saturated heterocycles. The quantitative estimate of drug-likeness (QED) is 0.506. The molecule has 0 aromatic rings. The molecule has 0 radical (unpaired) electrons. The van der Waals surface area contributed by atoms with Crippen molar-refractivity contribution in [3.05, 3.63) is 0 Å². The predicted molar refractivity (Wildman–Crippen MR) is 61.1 cm³/mol. The Morgan fingerprint density at radius 3 is 2.24 bits per heavy atom. The summed E-state index contributed by atoms with van der Waals surface area (Å²) < 4.78 is 9.78. The highest BCUT2D eigenvalue weighted by molar-refractivity contribution is 5.85. The van der Waals surface area contributed by atoms with Gasteiger partial charge in [0, 0.05) is 0 Å². The highest BCUT2D eigenvalue weighted by Gasteiger charge is 2.52. The van der Waals surface area contributed by atoms with Crippen LogP contribution in [0.15, 0.2) is 0 Å².